The molecule has 0 bridgehead atoms. The van der Waals surface area contributed by atoms with Crippen LogP contribution in [0.15, 0.2) is 36.5 Å². The second kappa shape index (κ2) is 4.80. The van der Waals surface area contributed by atoms with Crippen LogP contribution in [0, 0.1) is 12.7 Å². The highest BCUT2D eigenvalue weighted by molar-refractivity contribution is 5.42. The third-order valence-corrected chi connectivity index (χ3v) is 2.19. The number of aromatic nitrogens is 1. The molecular weight excluding hydrogens is 221 g/mol. The number of benzene rings is 1. The lowest BCUT2D eigenvalue weighted by Gasteiger charge is -2.08. The predicted octanol–water partition coefficient (Wildman–Crippen LogP) is 2.61. The van der Waals surface area contributed by atoms with Crippen LogP contribution >= 0.6 is 0 Å². The lowest BCUT2D eigenvalue weighted by molar-refractivity contribution is 0.441. The van der Waals surface area contributed by atoms with Crippen molar-refractivity contribution in [2.24, 2.45) is 5.84 Å². The van der Waals surface area contributed by atoms with Crippen LogP contribution in [0.25, 0.3) is 0 Å². The van der Waals surface area contributed by atoms with Crippen molar-refractivity contribution in [3.63, 3.8) is 0 Å². The molecule has 1 aromatic carbocycles. The van der Waals surface area contributed by atoms with Gasteiger partial charge in [-0.2, -0.15) is 0 Å². The molecule has 0 aliphatic rings. The number of aryl methyl sites for hydroxylation is 1. The minimum absolute atomic E-state index is 0.180. The summed E-state index contributed by atoms with van der Waals surface area (Å²) < 4.78 is 18.9. The van der Waals surface area contributed by atoms with E-state index in [0.717, 1.165) is 5.56 Å². The summed E-state index contributed by atoms with van der Waals surface area (Å²) in [6.07, 6.45) is 1.53. The number of rotatable bonds is 3. The smallest absolute Gasteiger partial charge is 0.165 e. The molecule has 0 spiro atoms. The fourth-order valence-electron chi connectivity index (χ4n) is 1.37. The zero-order valence-electron chi connectivity index (χ0n) is 9.27. The van der Waals surface area contributed by atoms with Crippen molar-refractivity contribution in [1.82, 2.24) is 4.98 Å². The highest BCUT2D eigenvalue weighted by Crippen LogP contribution is 2.26. The van der Waals surface area contributed by atoms with E-state index in [-0.39, 0.29) is 5.75 Å². The summed E-state index contributed by atoms with van der Waals surface area (Å²) in [5.74, 6) is 5.92. The van der Waals surface area contributed by atoms with E-state index in [1.54, 1.807) is 24.3 Å². The minimum atomic E-state index is -0.408. The van der Waals surface area contributed by atoms with Gasteiger partial charge in [-0.05, 0) is 30.7 Å². The van der Waals surface area contributed by atoms with E-state index in [4.69, 9.17) is 10.6 Å². The Hall–Kier alpha value is -2.14. The summed E-state index contributed by atoms with van der Waals surface area (Å²) in [5, 5.41) is 0. The van der Waals surface area contributed by atoms with Gasteiger partial charge in [-0.25, -0.2) is 15.2 Å². The molecule has 1 heterocycles. The number of halogens is 1. The Morgan fingerprint density at radius 2 is 2.12 bits per heavy atom. The molecule has 1 aromatic heterocycles. The highest BCUT2D eigenvalue weighted by Gasteiger charge is 2.05. The molecule has 0 amide bonds. The molecule has 0 aliphatic carbocycles. The van der Waals surface area contributed by atoms with Crippen molar-refractivity contribution < 1.29 is 9.13 Å². The Morgan fingerprint density at radius 3 is 2.88 bits per heavy atom. The molecule has 0 aliphatic heterocycles. The first kappa shape index (κ1) is 11.3. The molecular formula is C12H12FN3O. The van der Waals surface area contributed by atoms with Gasteiger partial charge in [0.05, 0.1) is 0 Å². The van der Waals surface area contributed by atoms with E-state index in [1.165, 1.54) is 12.3 Å². The molecule has 0 radical (unpaired) electrons. The van der Waals surface area contributed by atoms with Gasteiger partial charge < -0.3 is 10.2 Å². The molecule has 88 valence electrons. The van der Waals surface area contributed by atoms with Crippen LogP contribution in [-0.4, -0.2) is 4.98 Å². The second-order valence-corrected chi connectivity index (χ2v) is 3.56. The second-order valence-electron chi connectivity index (χ2n) is 3.56. The Balaban J connectivity index is 2.27. The monoisotopic (exact) mass is 233 g/mol. The topological polar surface area (TPSA) is 60.2 Å². The van der Waals surface area contributed by atoms with Crippen LogP contribution in [0.3, 0.4) is 0 Å². The Bertz CT molecular complexity index is 531. The van der Waals surface area contributed by atoms with E-state index >= 15 is 0 Å². The predicted molar refractivity (Wildman–Crippen MR) is 63.3 cm³/mol. The molecule has 17 heavy (non-hydrogen) atoms. The molecule has 4 nitrogen and oxygen atoms in total. The van der Waals surface area contributed by atoms with Crippen molar-refractivity contribution in [1.29, 1.82) is 0 Å². The first-order valence-corrected chi connectivity index (χ1v) is 5.06. The van der Waals surface area contributed by atoms with Crippen molar-refractivity contribution in [2.45, 2.75) is 6.92 Å². The number of hydrazine groups is 1. The van der Waals surface area contributed by atoms with Gasteiger partial charge in [-0.15, -0.1) is 0 Å². The van der Waals surface area contributed by atoms with Gasteiger partial charge in [-0.1, -0.05) is 6.07 Å². The fraction of sp³-hybridized carbons (Fsp3) is 0.0833. The number of anilines is 1. The number of hydrogen-bond acceptors (Lipinski definition) is 4. The van der Waals surface area contributed by atoms with Gasteiger partial charge >= 0.3 is 0 Å². The number of nitrogen functional groups attached to an aromatic ring is 1. The molecule has 2 aromatic rings. The molecule has 0 saturated heterocycles. The standard InChI is InChI=1S/C12H12FN3O/c1-8-2-3-10(13)11(6-8)17-9-4-5-15-12(7-9)16-14/h2-7H,14H2,1H3,(H,15,16). The molecule has 0 fully saturated rings. The zero-order valence-corrected chi connectivity index (χ0v) is 9.27. The molecule has 0 saturated carbocycles. The maximum absolute atomic E-state index is 13.5. The summed E-state index contributed by atoms with van der Waals surface area (Å²) in [6.45, 7) is 1.87. The van der Waals surface area contributed by atoms with Crippen molar-refractivity contribution in [3.05, 3.63) is 47.9 Å². The van der Waals surface area contributed by atoms with Gasteiger partial charge in [0.1, 0.15) is 11.6 Å². The molecule has 5 heteroatoms. The number of nitrogens with zero attached hydrogens (tertiary/aromatic N) is 1. The average Bonchev–Trinajstić information content (AvgIpc) is 2.34. The highest BCUT2D eigenvalue weighted by atomic mass is 19.1. The molecule has 0 atom stereocenters. The fourth-order valence-corrected chi connectivity index (χ4v) is 1.37. The Morgan fingerprint density at radius 1 is 1.29 bits per heavy atom. The van der Waals surface area contributed by atoms with Crippen LogP contribution < -0.4 is 16.0 Å². The summed E-state index contributed by atoms with van der Waals surface area (Å²) in [5.41, 5.74) is 3.32. The van der Waals surface area contributed by atoms with Crippen LogP contribution in [0.4, 0.5) is 10.2 Å². The van der Waals surface area contributed by atoms with Crippen LogP contribution in [0.1, 0.15) is 5.56 Å². The Kier molecular flexibility index (Phi) is 3.20. The van der Waals surface area contributed by atoms with Gasteiger partial charge in [0.15, 0.2) is 11.6 Å². The van der Waals surface area contributed by atoms with Crippen LogP contribution in [-0.2, 0) is 0 Å². The van der Waals surface area contributed by atoms with Crippen LogP contribution in [0.2, 0.25) is 0 Å². The van der Waals surface area contributed by atoms with Gasteiger partial charge in [0, 0.05) is 12.3 Å². The number of nitrogens with two attached hydrogens (primary N) is 1. The third-order valence-electron chi connectivity index (χ3n) is 2.19. The maximum atomic E-state index is 13.5. The Labute approximate surface area is 98.2 Å². The molecule has 0 unspecified atom stereocenters. The number of hydrogen-bond donors (Lipinski definition) is 2. The number of nitrogens with one attached hydrogen (secondary N) is 1. The number of pyridine rings is 1. The van der Waals surface area contributed by atoms with Crippen molar-refractivity contribution in [2.75, 3.05) is 5.43 Å². The SMILES string of the molecule is Cc1ccc(F)c(Oc2ccnc(NN)c2)c1. The molecule has 2 rings (SSSR count). The minimum Gasteiger partial charge on any atom is -0.454 e. The normalized spacial score (nSPS) is 10.1. The maximum Gasteiger partial charge on any atom is 0.165 e. The average molecular weight is 233 g/mol. The van der Waals surface area contributed by atoms with Crippen LogP contribution in [0.5, 0.6) is 11.5 Å². The summed E-state index contributed by atoms with van der Waals surface area (Å²) in [4.78, 5) is 3.93. The molecule has 3 N–H and O–H groups in total. The zero-order chi connectivity index (χ0) is 12.3. The van der Waals surface area contributed by atoms with E-state index < -0.39 is 5.82 Å². The summed E-state index contributed by atoms with van der Waals surface area (Å²) in [7, 11) is 0. The largest absolute Gasteiger partial charge is 0.454 e. The van der Waals surface area contributed by atoms with E-state index in [0.29, 0.717) is 11.6 Å². The summed E-state index contributed by atoms with van der Waals surface area (Å²) in [6, 6.07) is 7.89. The number of ether oxygens (including phenoxy) is 1. The van der Waals surface area contributed by atoms with Gasteiger partial charge in [0.2, 0.25) is 0 Å². The summed E-state index contributed by atoms with van der Waals surface area (Å²) >= 11 is 0. The van der Waals surface area contributed by atoms with Gasteiger partial charge in [0.25, 0.3) is 0 Å². The van der Waals surface area contributed by atoms with E-state index in [9.17, 15) is 4.39 Å². The van der Waals surface area contributed by atoms with Gasteiger partial charge in [-0.3, -0.25) is 0 Å². The third kappa shape index (κ3) is 2.70. The first-order chi connectivity index (χ1) is 8.19. The first-order valence-electron chi connectivity index (χ1n) is 5.06. The van der Waals surface area contributed by atoms with E-state index in [1.807, 2.05) is 6.92 Å². The van der Waals surface area contributed by atoms with E-state index in [2.05, 4.69) is 10.4 Å². The van der Waals surface area contributed by atoms with Crippen molar-refractivity contribution >= 4 is 5.82 Å². The lowest BCUT2D eigenvalue weighted by Crippen LogP contribution is -2.08. The lowest BCUT2D eigenvalue weighted by atomic mass is 10.2. The quantitative estimate of drug-likeness (QED) is 0.632. The van der Waals surface area contributed by atoms with Crippen molar-refractivity contribution in [3.8, 4) is 11.5 Å².